The van der Waals surface area contributed by atoms with Crippen LogP contribution in [0.1, 0.15) is 43.4 Å². The maximum atomic E-state index is 13.1. The number of benzene rings is 1. The second-order valence-corrected chi connectivity index (χ2v) is 7.71. The lowest BCUT2D eigenvalue weighted by Gasteiger charge is -2.29. The molecule has 3 rings (SSSR count). The van der Waals surface area contributed by atoms with E-state index in [0.29, 0.717) is 26.2 Å². The van der Waals surface area contributed by atoms with E-state index in [-0.39, 0.29) is 11.8 Å². The number of methoxy groups -OCH3 is 1. The topological polar surface area (TPSA) is 34.5 Å². The lowest BCUT2D eigenvalue weighted by atomic mass is 9.88. The number of rotatable bonds is 8. The average molecular weight is 389 g/mol. The van der Waals surface area contributed by atoms with Crippen LogP contribution in [-0.2, 0) is 22.6 Å². The maximum Gasteiger partial charge on any atom is 0.226 e. The van der Waals surface area contributed by atoms with Crippen molar-refractivity contribution in [2.45, 2.75) is 45.2 Å². The molecule has 0 radical (unpaired) electrons. The molecular formula is C22H29ClN2O2. The molecule has 1 aromatic carbocycles. The van der Waals surface area contributed by atoms with Crippen LogP contribution in [0.5, 0.6) is 0 Å². The molecule has 1 saturated carbocycles. The largest absolute Gasteiger partial charge is 0.383 e. The molecule has 0 saturated heterocycles. The summed E-state index contributed by atoms with van der Waals surface area (Å²) in [4.78, 5) is 15.1. The van der Waals surface area contributed by atoms with Gasteiger partial charge in [0, 0.05) is 43.0 Å². The van der Waals surface area contributed by atoms with E-state index in [9.17, 15) is 4.79 Å². The zero-order valence-electron chi connectivity index (χ0n) is 16.1. The van der Waals surface area contributed by atoms with Gasteiger partial charge in [0.05, 0.1) is 13.2 Å². The van der Waals surface area contributed by atoms with E-state index in [4.69, 9.17) is 16.3 Å². The van der Waals surface area contributed by atoms with Gasteiger partial charge in [0.15, 0.2) is 0 Å². The standard InChI is InChI=1S/C22H29ClN2O2/c1-27-15-14-25(22(26)18-8-3-2-4-9-18)17-20-11-7-13-24(20)16-19-10-5-6-12-21(19)23/h5-7,10-13,18H,2-4,8-9,14-17H2,1H3. The SMILES string of the molecule is COCCN(Cc1cccn1Cc1ccccc1Cl)C(=O)C1CCCCC1. The summed E-state index contributed by atoms with van der Waals surface area (Å²) in [6.07, 6.45) is 7.67. The first kappa shape index (κ1) is 20.0. The van der Waals surface area contributed by atoms with Crippen LogP contribution in [0.3, 0.4) is 0 Å². The van der Waals surface area contributed by atoms with Crippen LogP contribution >= 0.6 is 11.6 Å². The van der Waals surface area contributed by atoms with Crippen LogP contribution in [0.25, 0.3) is 0 Å². The van der Waals surface area contributed by atoms with Gasteiger partial charge in [-0.1, -0.05) is 49.1 Å². The van der Waals surface area contributed by atoms with Gasteiger partial charge in [-0.15, -0.1) is 0 Å². The van der Waals surface area contributed by atoms with Gasteiger partial charge in [-0.05, 0) is 36.6 Å². The normalized spacial score (nSPS) is 15.0. The minimum absolute atomic E-state index is 0.169. The lowest BCUT2D eigenvalue weighted by Crippen LogP contribution is -2.39. The van der Waals surface area contributed by atoms with Gasteiger partial charge in [-0.3, -0.25) is 4.79 Å². The minimum Gasteiger partial charge on any atom is -0.383 e. The van der Waals surface area contributed by atoms with Crippen molar-refractivity contribution in [2.75, 3.05) is 20.3 Å². The second-order valence-electron chi connectivity index (χ2n) is 7.31. The Hall–Kier alpha value is -1.78. The molecule has 1 amide bonds. The van der Waals surface area contributed by atoms with Crippen molar-refractivity contribution in [3.05, 3.63) is 58.9 Å². The van der Waals surface area contributed by atoms with E-state index in [1.54, 1.807) is 7.11 Å². The number of carbonyl (C=O) groups is 1. The van der Waals surface area contributed by atoms with Crippen molar-refractivity contribution in [3.8, 4) is 0 Å². The van der Waals surface area contributed by atoms with E-state index in [0.717, 1.165) is 42.0 Å². The summed E-state index contributed by atoms with van der Waals surface area (Å²) in [6.45, 7) is 2.50. The number of aromatic nitrogens is 1. The third-order valence-corrected chi connectivity index (χ3v) is 5.78. The number of ether oxygens (including phenoxy) is 1. The second kappa shape index (κ2) is 9.95. The first-order valence-electron chi connectivity index (χ1n) is 9.84. The average Bonchev–Trinajstić information content (AvgIpc) is 3.13. The Morgan fingerprint density at radius 2 is 1.96 bits per heavy atom. The van der Waals surface area contributed by atoms with Gasteiger partial charge < -0.3 is 14.2 Å². The van der Waals surface area contributed by atoms with E-state index in [1.807, 2.05) is 35.2 Å². The zero-order chi connectivity index (χ0) is 19.1. The highest BCUT2D eigenvalue weighted by Crippen LogP contribution is 2.26. The quantitative estimate of drug-likeness (QED) is 0.654. The molecule has 1 fully saturated rings. The van der Waals surface area contributed by atoms with E-state index in [2.05, 4.69) is 16.8 Å². The molecule has 0 bridgehead atoms. The van der Waals surface area contributed by atoms with Crippen molar-refractivity contribution >= 4 is 17.5 Å². The Balaban J connectivity index is 1.73. The fourth-order valence-electron chi connectivity index (χ4n) is 3.83. The summed E-state index contributed by atoms with van der Waals surface area (Å²) in [5.41, 5.74) is 2.20. The van der Waals surface area contributed by atoms with Crippen LogP contribution in [0, 0.1) is 5.92 Å². The number of hydrogen-bond acceptors (Lipinski definition) is 2. The van der Waals surface area contributed by atoms with Crippen molar-refractivity contribution in [1.29, 1.82) is 0 Å². The monoisotopic (exact) mass is 388 g/mol. The maximum absolute atomic E-state index is 13.1. The molecule has 0 unspecified atom stereocenters. The Morgan fingerprint density at radius 1 is 1.19 bits per heavy atom. The number of amides is 1. The van der Waals surface area contributed by atoms with E-state index < -0.39 is 0 Å². The van der Waals surface area contributed by atoms with Crippen LogP contribution in [0.2, 0.25) is 5.02 Å². The first-order chi connectivity index (χ1) is 13.2. The fourth-order valence-corrected chi connectivity index (χ4v) is 4.02. The Bertz CT molecular complexity index is 737. The Labute approximate surface area is 167 Å². The summed E-state index contributed by atoms with van der Waals surface area (Å²) in [6, 6.07) is 12.0. The molecule has 0 aliphatic heterocycles. The first-order valence-corrected chi connectivity index (χ1v) is 10.2. The third-order valence-electron chi connectivity index (χ3n) is 5.41. The van der Waals surface area contributed by atoms with Crippen LogP contribution in [0.15, 0.2) is 42.6 Å². The number of hydrogen-bond donors (Lipinski definition) is 0. The van der Waals surface area contributed by atoms with Gasteiger partial charge in [0.1, 0.15) is 0 Å². The summed E-state index contributed by atoms with van der Waals surface area (Å²) in [5, 5.41) is 0.770. The molecule has 5 heteroatoms. The van der Waals surface area contributed by atoms with Gasteiger partial charge in [-0.25, -0.2) is 0 Å². The van der Waals surface area contributed by atoms with Gasteiger partial charge in [0.25, 0.3) is 0 Å². The van der Waals surface area contributed by atoms with Crippen molar-refractivity contribution < 1.29 is 9.53 Å². The molecular weight excluding hydrogens is 360 g/mol. The van der Waals surface area contributed by atoms with Gasteiger partial charge in [0.2, 0.25) is 5.91 Å². The van der Waals surface area contributed by atoms with Crippen LogP contribution in [-0.4, -0.2) is 35.6 Å². The molecule has 1 aliphatic rings. The molecule has 0 spiro atoms. The molecule has 1 aliphatic carbocycles. The molecule has 0 atom stereocenters. The highest BCUT2D eigenvalue weighted by atomic mass is 35.5. The molecule has 4 nitrogen and oxygen atoms in total. The van der Waals surface area contributed by atoms with Crippen LogP contribution < -0.4 is 0 Å². The molecule has 146 valence electrons. The summed E-state index contributed by atoms with van der Waals surface area (Å²) < 4.78 is 7.43. The summed E-state index contributed by atoms with van der Waals surface area (Å²) >= 11 is 6.33. The number of halogens is 1. The van der Waals surface area contributed by atoms with Crippen molar-refractivity contribution in [2.24, 2.45) is 5.92 Å². The predicted molar refractivity (Wildman–Crippen MR) is 109 cm³/mol. The summed E-state index contributed by atoms with van der Waals surface area (Å²) in [5.74, 6) is 0.444. The zero-order valence-corrected chi connectivity index (χ0v) is 16.8. The molecule has 27 heavy (non-hydrogen) atoms. The number of carbonyl (C=O) groups excluding carboxylic acids is 1. The van der Waals surface area contributed by atoms with E-state index >= 15 is 0 Å². The third kappa shape index (κ3) is 5.36. The van der Waals surface area contributed by atoms with E-state index in [1.165, 1.54) is 6.42 Å². The fraction of sp³-hybridized carbons (Fsp3) is 0.500. The molecule has 2 aromatic rings. The van der Waals surface area contributed by atoms with Crippen molar-refractivity contribution in [1.82, 2.24) is 9.47 Å². The van der Waals surface area contributed by atoms with Crippen molar-refractivity contribution in [3.63, 3.8) is 0 Å². The Kier molecular flexibility index (Phi) is 7.36. The highest BCUT2D eigenvalue weighted by molar-refractivity contribution is 6.31. The lowest BCUT2D eigenvalue weighted by molar-refractivity contribution is -0.138. The molecule has 1 heterocycles. The highest BCUT2D eigenvalue weighted by Gasteiger charge is 2.26. The van der Waals surface area contributed by atoms with Gasteiger partial charge in [-0.2, -0.15) is 0 Å². The summed E-state index contributed by atoms with van der Waals surface area (Å²) in [7, 11) is 1.68. The minimum atomic E-state index is 0.169. The van der Waals surface area contributed by atoms with Gasteiger partial charge >= 0.3 is 0 Å². The molecule has 0 N–H and O–H groups in total. The smallest absolute Gasteiger partial charge is 0.226 e. The Morgan fingerprint density at radius 3 is 2.70 bits per heavy atom. The van der Waals surface area contributed by atoms with Crippen LogP contribution in [0.4, 0.5) is 0 Å². The number of nitrogens with zero attached hydrogens (tertiary/aromatic N) is 2. The molecule has 1 aromatic heterocycles. The predicted octanol–water partition coefficient (Wildman–Crippen LogP) is 4.75.